The number of fused-ring (bicyclic) bond motifs is 1. The van der Waals surface area contributed by atoms with E-state index in [-0.39, 0.29) is 36.8 Å². The van der Waals surface area contributed by atoms with Crippen molar-refractivity contribution in [3.63, 3.8) is 0 Å². The fourth-order valence-corrected chi connectivity index (χ4v) is 6.25. The molecule has 16 heteroatoms. The van der Waals surface area contributed by atoms with Gasteiger partial charge in [-0.25, -0.2) is 9.30 Å². The fraction of sp³-hybridized carbons (Fsp3) is 0.552. The van der Waals surface area contributed by atoms with E-state index in [0.717, 1.165) is 25.7 Å². The van der Waals surface area contributed by atoms with E-state index in [1.165, 1.54) is 6.26 Å². The molecule has 13 nitrogen and oxygen atoms in total. The topological polar surface area (TPSA) is 164 Å². The van der Waals surface area contributed by atoms with Gasteiger partial charge in [0.25, 0.3) is 0 Å². The van der Waals surface area contributed by atoms with Crippen molar-refractivity contribution in [2.75, 3.05) is 31.1 Å². The summed E-state index contributed by atoms with van der Waals surface area (Å²) < 4.78 is 37.2. The number of rotatable bonds is 16. The molecule has 1 saturated carbocycles. The average molecular weight is 686 g/mol. The highest BCUT2D eigenvalue weighted by molar-refractivity contribution is 7.82. The third-order valence-electron chi connectivity index (χ3n) is 6.93. The van der Waals surface area contributed by atoms with Crippen molar-refractivity contribution in [1.82, 2.24) is 24.5 Å². The molecule has 0 amide bonds. The Hall–Kier alpha value is -2.58. The second-order valence-electron chi connectivity index (χ2n) is 10.3. The molecule has 3 aromatic rings. The molecule has 4 rings (SSSR count). The van der Waals surface area contributed by atoms with E-state index in [0.29, 0.717) is 34.0 Å². The first kappa shape index (κ1) is 36.9. The summed E-state index contributed by atoms with van der Waals surface area (Å²) in [6, 6.07) is 8.07. The maximum absolute atomic E-state index is 12.8. The monoisotopic (exact) mass is 685 g/mol. The summed E-state index contributed by atoms with van der Waals surface area (Å²) in [4.78, 5) is 24.0. The largest absolute Gasteiger partial charge is 0.461 e. The Balaban J connectivity index is 0.00000271. The van der Waals surface area contributed by atoms with Crippen LogP contribution >= 0.6 is 20.1 Å². The Kier molecular flexibility index (Phi) is 15.2. The Morgan fingerprint density at radius 1 is 1.18 bits per heavy atom. The first-order chi connectivity index (χ1) is 21.6. The highest BCUT2D eigenvalue weighted by Crippen LogP contribution is 2.38. The molecular formula is C29H45ClN7O6PS. The van der Waals surface area contributed by atoms with Gasteiger partial charge in [-0.3, -0.25) is 10.2 Å². The smallest absolute Gasteiger partial charge is 0.323 e. The van der Waals surface area contributed by atoms with Crippen molar-refractivity contribution in [3.8, 4) is 5.75 Å². The van der Waals surface area contributed by atoms with Crippen LogP contribution in [0.15, 0.2) is 36.5 Å². The lowest BCUT2D eigenvalue weighted by Gasteiger charge is -2.26. The number of nitrogens with two attached hydrogens (primary N) is 1. The number of esters is 1. The van der Waals surface area contributed by atoms with Gasteiger partial charge in [-0.2, -0.15) is 14.8 Å². The molecule has 45 heavy (non-hydrogen) atoms. The van der Waals surface area contributed by atoms with Crippen LogP contribution in [0.3, 0.4) is 0 Å². The summed E-state index contributed by atoms with van der Waals surface area (Å²) in [5, 5.41) is 4.45. The molecule has 5 atom stereocenters. The van der Waals surface area contributed by atoms with Crippen LogP contribution in [0, 0.1) is 0 Å². The first-order valence-corrected chi connectivity index (χ1v) is 18.1. The number of ether oxygens (including phenoxy) is 2. The Bertz CT molecular complexity index is 1380. The van der Waals surface area contributed by atoms with E-state index in [1.54, 1.807) is 38.3 Å². The van der Waals surface area contributed by atoms with Crippen molar-refractivity contribution >= 4 is 59.9 Å². The van der Waals surface area contributed by atoms with Crippen LogP contribution in [-0.2, 0) is 29.8 Å². The van der Waals surface area contributed by atoms with Crippen LogP contribution in [0.5, 0.6) is 5.75 Å². The number of carbonyl (C=O) groups excluding carboxylic acids is 1. The second kappa shape index (κ2) is 18.5. The van der Waals surface area contributed by atoms with Crippen LogP contribution in [0.25, 0.3) is 11.0 Å². The van der Waals surface area contributed by atoms with Gasteiger partial charge >= 0.3 is 14.5 Å². The lowest BCUT2D eigenvalue weighted by Crippen LogP contribution is -2.35. The van der Waals surface area contributed by atoms with Crippen LogP contribution in [0.4, 0.5) is 11.8 Å². The van der Waals surface area contributed by atoms with Crippen LogP contribution in [0.2, 0.25) is 5.02 Å². The quantitative estimate of drug-likeness (QED) is 0.0836. The van der Waals surface area contributed by atoms with Crippen molar-refractivity contribution in [3.05, 3.63) is 41.6 Å². The average Bonchev–Trinajstić information content (AvgIpc) is 3.70. The maximum atomic E-state index is 12.8. The third kappa shape index (κ3) is 11.3. The van der Waals surface area contributed by atoms with Gasteiger partial charge in [-0.1, -0.05) is 25.4 Å². The minimum absolute atomic E-state index is 0.0374. The van der Waals surface area contributed by atoms with Crippen molar-refractivity contribution in [1.29, 1.82) is 0 Å². The number of benzene rings is 1. The zero-order valence-corrected chi connectivity index (χ0v) is 29.1. The molecule has 1 fully saturated rings. The molecule has 2 aromatic heterocycles. The molecule has 0 bridgehead atoms. The maximum Gasteiger partial charge on any atom is 0.323 e. The lowest BCUT2D eigenvalue weighted by atomic mass is 10.1. The molecule has 2 heterocycles. The molecule has 5 unspecified atom stereocenters. The summed E-state index contributed by atoms with van der Waals surface area (Å²) in [5.74, 6) is 0.708. The molecular weight excluding hydrogens is 641 g/mol. The zero-order chi connectivity index (χ0) is 32.9. The zero-order valence-electron chi connectivity index (χ0n) is 26.6. The number of hydrazine groups is 1. The molecule has 0 saturated heterocycles. The van der Waals surface area contributed by atoms with Gasteiger partial charge in [0.2, 0.25) is 5.95 Å². The molecule has 0 radical (unpaired) electrons. The first-order valence-electron chi connectivity index (χ1n) is 15.0. The second-order valence-corrected chi connectivity index (χ2v) is 13.1. The van der Waals surface area contributed by atoms with Gasteiger partial charge in [-0.15, -0.1) is 0 Å². The van der Waals surface area contributed by atoms with Gasteiger partial charge in [0.1, 0.15) is 34.5 Å². The normalized spacial score (nSPS) is 16.7. The predicted molar refractivity (Wildman–Crippen MR) is 180 cm³/mol. The number of anilines is 2. The van der Waals surface area contributed by atoms with Crippen molar-refractivity contribution in [2.45, 2.75) is 84.1 Å². The molecule has 1 aliphatic rings. The van der Waals surface area contributed by atoms with Crippen LogP contribution in [0.1, 0.15) is 65.8 Å². The molecule has 1 aliphatic carbocycles. The molecule has 1 aromatic carbocycles. The number of nitrogens with zero attached hydrogens (tertiary/aromatic N) is 3. The van der Waals surface area contributed by atoms with Gasteiger partial charge in [0.05, 0.1) is 18.1 Å². The SMILES string of the molecule is CC.COC(COP(NC(C)C(=O)OC1CCCC1)Oc1ccc(Cl)cc1)CC(C)n1ccc2c(NNS(C)=O)nc(N)nc21. The summed E-state index contributed by atoms with van der Waals surface area (Å²) in [5.41, 5.74) is 9.41. The number of nitrogen functional groups attached to an aromatic ring is 1. The Morgan fingerprint density at radius 3 is 2.51 bits per heavy atom. The summed E-state index contributed by atoms with van der Waals surface area (Å²) >= 11 is 6.04. The van der Waals surface area contributed by atoms with E-state index < -0.39 is 25.6 Å². The van der Waals surface area contributed by atoms with Crippen LogP contribution < -0.4 is 25.6 Å². The number of nitrogens with one attached hydrogen (secondary N) is 3. The van der Waals surface area contributed by atoms with Crippen molar-refractivity contribution in [2.24, 2.45) is 0 Å². The van der Waals surface area contributed by atoms with E-state index in [9.17, 15) is 9.00 Å². The Labute approximate surface area is 273 Å². The molecule has 0 aliphatic heterocycles. The van der Waals surface area contributed by atoms with Gasteiger partial charge in [-0.05, 0) is 76.3 Å². The minimum Gasteiger partial charge on any atom is -0.461 e. The van der Waals surface area contributed by atoms with E-state index in [4.69, 9.17) is 35.9 Å². The minimum atomic E-state index is -1.75. The van der Waals surface area contributed by atoms with Gasteiger partial charge in [0.15, 0.2) is 5.82 Å². The Morgan fingerprint density at radius 2 is 1.87 bits per heavy atom. The number of hydrogen-bond donors (Lipinski definition) is 4. The van der Waals surface area contributed by atoms with E-state index >= 15 is 0 Å². The highest BCUT2D eigenvalue weighted by Gasteiger charge is 2.28. The molecule has 250 valence electrons. The van der Waals surface area contributed by atoms with E-state index in [2.05, 4.69) is 25.3 Å². The number of aromatic nitrogens is 3. The summed E-state index contributed by atoms with van der Waals surface area (Å²) in [6.07, 6.45) is 7.52. The number of methoxy groups -OCH3 is 1. The standard InChI is InChI=1S/C27H39ClN7O6PS.C2H6/c1-17(35-14-13-23-24(32-34-43(4)37)30-27(29)31-25(23)35)15-22(38-3)16-39-42(41-21-11-9-19(28)10-12-21)33-18(2)26(36)40-20-7-5-6-8-20;1-2/h9-14,17-18,20,22,33-34H,5-8,15-16H2,1-4H3,(H3,29,30,31,32);1-2H3. The van der Waals surface area contributed by atoms with Crippen LogP contribution in [-0.4, -0.2) is 62.9 Å². The highest BCUT2D eigenvalue weighted by atomic mass is 35.5. The third-order valence-corrected chi connectivity index (χ3v) is 8.93. The predicted octanol–water partition coefficient (Wildman–Crippen LogP) is 5.66. The summed E-state index contributed by atoms with van der Waals surface area (Å²) in [6.45, 7) is 7.95. The van der Waals surface area contributed by atoms with Gasteiger partial charge < -0.3 is 28.8 Å². The number of hydrogen-bond acceptors (Lipinski definition) is 11. The lowest BCUT2D eigenvalue weighted by molar-refractivity contribution is -0.150. The van der Waals surface area contributed by atoms with E-state index in [1.807, 2.05) is 37.6 Å². The number of halogens is 1. The van der Waals surface area contributed by atoms with Gasteiger partial charge in [0, 0.05) is 30.6 Å². The molecule has 5 N–H and O–H groups in total. The van der Waals surface area contributed by atoms with Crippen molar-refractivity contribution < 1.29 is 27.5 Å². The fourth-order valence-electron chi connectivity index (χ4n) is 4.66. The molecule has 0 spiro atoms. The number of carbonyl (C=O) groups is 1. The summed E-state index contributed by atoms with van der Waals surface area (Å²) in [7, 11) is -1.43.